The lowest BCUT2D eigenvalue weighted by atomic mass is 10.0. The van der Waals surface area contributed by atoms with E-state index in [4.69, 9.17) is 5.14 Å². The van der Waals surface area contributed by atoms with Gasteiger partial charge in [-0.05, 0) is 31.5 Å². The van der Waals surface area contributed by atoms with Gasteiger partial charge in [0.15, 0.2) is 0 Å². The van der Waals surface area contributed by atoms with Crippen molar-refractivity contribution in [1.29, 1.82) is 0 Å². The fourth-order valence-corrected chi connectivity index (χ4v) is 1.75. The van der Waals surface area contributed by atoms with Gasteiger partial charge in [0.2, 0.25) is 10.0 Å². The van der Waals surface area contributed by atoms with E-state index in [1.54, 1.807) is 6.92 Å². The smallest absolute Gasteiger partial charge is 0.238 e. The Hall–Kier alpha value is -1.18. The van der Waals surface area contributed by atoms with Crippen molar-refractivity contribution >= 4 is 15.7 Å². The molecule has 0 heterocycles. The highest BCUT2D eigenvalue weighted by molar-refractivity contribution is 7.89. The third kappa shape index (κ3) is 3.94. The van der Waals surface area contributed by atoms with Crippen molar-refractivity contribution < 1.29 is 17.9 Å². The highest BCUT2D eigenvalue weighted by atomic mass is 32.2. The lowest BCUT2D eigenvalue weighted by Gasteiger charge is -2.22. The molecule has 0 saturated heterocycles. The summed E-state index contributed by atoms with van der Waals surface area (Å²) in [4.78, 5) is -0.284. The minimum Gasteiger partial charge on any atom is -0.388 e. The first-order chi connectivity index (χ1) is 8.15. The lowest BCUT2D eigenvalue weighted by Crippen LogP contribution is -2.32. The molecule has 0 aliphatic carbocycles. The van der Waals surface area contributed by atoms with Gasteiger partial charge >= 0.3 is 0 Å². The van der Waals surface area contributed by atoms with Gasteiger partial charge in [0.25, 0.3) is 0 Å². The topological polar surface area (TPSA) is 92.4 Å². The third-order valence-electron chi connectivity index (χ3n) is 2.69. The normalized spacial score (nSPS) is 15.2. The number of primary sulfonamides is 1. The van der Waals surface area contributed by atoms with Gasteiger partial charge in [0.1, 0.15) is 5.82 Å². The van der Waals surface area contributed by atoms with Crippen molar-refractivity contribution in [3.8, 4) is 0 Å². The maximum absolute atomic E-state index is 13.6. The zero-order valence-corrected chi connectivity index (χ0v) is 11.1. The Bertz CT molecular complexity index is 529. The quantitative estimate of drug-likeness (QED) is 0.749. The van der Waals surface area contributed by atoms with E-state index in [1.807, 2.05) is 6.92 Å². The highest BCUT2D eigenvalue weighted by Gasteiger charge is 2.18. The van der Waals surface area contributed by atoms with Crippen LogP contribution in [0.5, 0.6) is 0 Å². The number of rotatable bonds is 5. The predicted octanol–water partition coefficient (Wildman–Crippen LogP) is 1.05. The Balaban J connectivity index is 2.88. The number of benzene rings is 1. The Labute approximate surface area is 106 Å². The molecule has 0 amide bonds. The van der Waals surface area contributed by atoms with Crippen LogP contribution in [0.3, 0.4) is 0 Å². The standard InChI is InChI=1S/C11H17FN2O3S/c1-3-11(2,15)7-14-10-5-4-8(6-9(10)12)18(13,16)17/h4-6,14-15H,3,7H2,1-2H3,(H2,13,16,17). The van der Waals surface area contributed by atoms with Crippen LogP contribution in [0.4, 0.5) is 10.1 Å². The molecule has 1 rings (SSSR count). The largest absolute Gasteiger partial charge is 0.388 e. The van der Waals surface area contributed by atoms with Crippen molar-refractivity contribution in [3.63, 3.8) is 0 Å². The second-order valence-electron chi connectivity index (χ2n) is 4.39. The van der Waals surface area contributed by atoms with E-state index in [2.05, 4.69) is 5.32 Å². The molecule has 0 fully saturated rings. The summed E-state index contributed by atoms with van der Waals surface area (Å²) in [6, 6.07) is 3.33. The van der Waals surface area contributed by atoms with Crippen molar-refractivity contribution in [2.75, 3.05) is 11.9 Å². The molecule has 0 bridgehead atoms. The van der Waals surface area contributed by atoms with Crippen LogP contribution in [-0.2, 0) is 10.0 Å². The SMILES string of the molecule is CCC(C)(O)CNc1ccc(S(N)(=O)=O)cc1F. The predicted molar refractivity (Wildman–Crippen MR) is 67.2 cm³/mol. The number of anilines is 1. The molecule has 4 N–H and O–H groups in total. The first-order valence-electron chi connectivity index (χ1n) is 5.44. The fraction of sp³-hybridized carbons (Fsp3) is 0.455. The molecule has 1 aromatic rings. The fourth-order valence-electron chi connectivity index (χ4n) is 1.23. The van der Waals surface area contributed by atoms with Gasteiger partial charge in [-0.1, -0.05) is 6.92 Å². The van der Waals surface area contributed by atoms with E-state index in [-0.39, 0.29) is 17.1 Å². The Morgan fingerprint density at radius 2 is 2.11 bits per heavy atom. The van der Waals surface area contributed by atoms with Crippen LogP contribution in [0.25, 0.3) is 0 Å². The van der Waals surface area contributed by atoms with E-state index in [0.29, 0.717) is 6.42 Å². The number of aliphatic hydroxyl groups is 1. The number of nitrogens with two attached hydrogens (primary N) is 1. The molecule has 1 unspecified atom stereocenters. The molecule has 7 heteroatoms. The zero-order valence-electron chi connectivity index (χ0n) is 10.3. The second kappa shape index (κ2) is 5.21. The summed E-state index contributed by atoms with van der Waals surface area (Å²) in [5, 5.41) is 17.4. The van der Waals surface area contributed by atoms with Crippen LogP contribution >= 0.6 is 0 Å². The first-order valence-corrected chi connectivity index (χ1v) is 6.99. The summed E-state index contributed by atoms with van der Waals surface area (Å²) in [7, 11) is -3.91. The Morgan fingerprint density at radius 1 is 1.50 bits per heavy atom. The van der Waals surface area contributed by atoms with E-state index in [1.165, 1.54) is 12.1 Å². The molecule has 0 spiro atoms. The highest BCUT2D eigenvalue weighted by Crippen LogP contribution is 2.19. The lowest BCUT2D eigenvalue weighted by molar-refractivity contribution is 0.0697. The van der Waals surface area contributed by atoms with Gasteiger partial charge < -0.3 is 10.4 Å². The van der Waals surface area contributed by atoms with Crippen molar-refractivity contribution in [1.82, 2.24) is 0 Å². The number of hydrogen-bond donors (Lipinski definition) is 3. The maximum Gasteiger partial charge on any atom is 0.238 e. The van der Waals surface area contributed by atoms with Gasteiger partial charge in [-0.15, -0.1) is 0 Å². The molecular formula is C11H17FN2O3S. The molecular weight excluding hydrogens is 259 g/mol. The molecule has 1 aromatic carbocycles. The van der Waals surface area contributed by atoms with E-state index in [0.717, 1.165) is 6.07 Å². The average molecular weight is 276 g/mol. The van der Waals surface area contributed by atoms with Crippen LogP contribution in [0, 0.1) is 5.82 Å². The van der Waals surface area contributed by atoms with Crippen LogP contribution < -0.4 is 10.5 Å². The van der Waals surface area contributed by atoms with Crippen LogP contribution in [-0.4, -0.2) is 25.7 Å². The molecule has 0 aromatic heterocycles. The molecule has 102 valence electrons. The number of sulfonamides is 1. The summed E-state index contributed by atoms with van der Waals surface area (Å²) in [6.45, 7) is 3.59. The summed E-state index contributed by atoms with van der Waals surface area (Å²) >= 11 is 0. The van der Waals surface area contributed by atoms with E-state index >= 15 is 0 Å². The van der Waals surface area contributed by atoms with E-state index in [9.17, 15) is 17.9 Å². The molecule has 0 saturated carbocycles. The van der Waals surface area contributed by atoms with Crippen molar-refractivity contribution in [2.45, 2.75) is 30.8 Å². The van der Waals surface area contributed by atoms with Crippen LogP contribution in [0.1, 0.15) is 20.3 Å². The third-order valence-corrected chi connectivity index (χ3v) is 3.60. The van der Waals surface area contributed by atoms with Crippen molar-refractivity contribution in [2.24, 2.45) is 5.14 Å². The number of hydrogen-bond acceptors (Lipinski definition) is 4. The minimum atomic E-state index is -3.91. The van der Waals surface area contributed by atoms with Gasteiger partial charge in [-0.3, -0.25) is 0 Å². The molecule has 0 radical (unpaired) electrons. The number of nitrogens with one attached hydrogen (secondary N) is 1. The number of halogens is 1. The Kier molecular flexibility index (Phi) is 4.31. The maximum atomic E-state index is 13.6. The molecule has 0 aliphatic heterocycles. The van der Waals surface area contributed by atoms with Gasteiger partial charge in [-0.25, -0.2) is 17.9 Å². The monoisotopic (exact) mass is 276 g/mol. The second-order valence-corrected chi connectivity index (χ2v) is 5.95. The summed E-state index contributed by atoms with van der Waals surface area (Å²) < 4.78 is 35.6. The van der Waals surface area contributed by atoms with Gasteiger partial charge in [0, 0.05) is 6.54 Å². The molecule has 0 aliphatic rings. The first kappa shape index (κ1) is 14.9. The van der Waals surface area contributed by atoms with Gasteiger partial charge in [0.05, 0.1) is 16.2 Å². The molecule has 5 nitrogen and oxygen atoms in total. The van der Waals surface area contributed by atoms with Crippen molar-refractivity contribution in [3.05, 3.63) is 24.0 Å². The van der Waals surface area contributed by atoms with Gasteiger partial charge in [-0.2, -0.15) is 0 Å². The summed E-state index contributed by atoms with van der Waals surface area (Å²) in [6.07, 6.45) is 0.511. The zero-order chi connectivity index (χ0) is 14.0. The van der Waals surface area contributed by atoms with Crippen LogP contribution in [0.15, 0.2) is 23.1 Å². The van der Waals surface area contributed by atoms with Crippen LogP contribution in [0.2, 0.25) is 0 Å². The molecule has 1 atom stereocenters. The summed E-state index contributed by atoms with van der Waals surface area (Å²) in [5.41, 5.74) is -0.832. The minimum absolute atomic E-state index is 0.121. The average Bonchev–Trinajstić information content (AvgIpc) is 2.26. The molecule has 18 heavy (non-hydrogen) atoms. The summed E-state index contributed by atoms with van der Waals surface area (Å²) in [5.74, 6) is -0.728. The Morgan fingerprint density at radius 3 is 2.56 bits per heavy atom. The van der Waals surface area contributed by atoms with E-state index < -0.39 is 21.4 Å².